The lowest BCUT2D eigenvalue weighted by Gasteiger charge is -2.23. The SMILES string of the molecule is CC(C)OCCCCNC1CCCc2sccc21. The van der Waals surface area contributed by atoms with Gasteiger partial charge in [0, 0.05) is 17.5 Å². The molecule has 1 aromatic heterocycles. The van der Waals surface area contributed by atoms with Crippen LogP contribution in [-0.2, 0) is 11.2 Å². The van der Waals surface area contributed by atoms with Crippen LogP contribution < -0.4 is 5.32 Å². The highest BCUT2D eigenvalue weighted by Crippen LogP contribution is 2.33. The van der Waals surface area contributed by atoms with E-state index in [-0.39, 0.29) is 0 Å². The molecule has 1 unspecified atom stereocenters. The van der Waals surface area contributed by atoms with Gasteiger partial charge in [-0.3, -0.25) is 0 Å². The Morgan fingerprint density at radius 1 is 1.44 bits per heavy atom. The molecule has 0 saturated carbocycles. The first-order valence-corrected chi connectivity index (χ1v) is 8.06. The lowest BCUT2D eigenvalue weighted by molar-refractivity contribution is 0.0759. The first-order valence-electron chi connectivity index (χ1n) is 7.18. The van der Waals surface area contributed by atoms with Gasteiger partial charge in [0.2, 0.25) is 0 Å². The fraction of sp³-hybridized carbons (Fsp3) is 0.733. The Labute approximate surface area is 115 Å². The van der Waals surface area contributed by atoms with Gasteiger partial charge in [-0.25, -0.2) is 0 Å². The third kappa shape index (κ3) is 4.08. The smallest absolute Gasteiger partial charge is 0.0518 e. The molecular weight excluding hydrogens is 242 g/mol. The molecule has 1 atom stereocenters. The number of hydrogen-bond acceptors (Lipinski definition) is 3. The summed E-state index contributed by atoms with van der Waals surface area (Å²) in [6.45, 7) is 6.20. The van der Waals surface area contributed by atoms with Gasteiger partial charge in [-0.15, -0.1) is 11.3 Å². The van der Waals surface area contributed by atoms with Gasteiger partial charge >= 0.3 is 0 Å². The zero-order chi connectivity index (χ0) is 12.8. The Hall–Kier alpha value is -0.380. The van der Waals surface area contributed by atoms with E-state index >= 15 is 0 Å². The Balaban J connectivity index is 1.63. The third-order valence-electron chi connectivity index (χ3n) is 3.46. The van der Waals surface area contributed by atoms with E-state index in [1.807, 2.05) is 11.3 Å². The molecule has 18 heavy (non-hydrogen) atoms. The Morgan fingerprint density at radius 3 is 3.17 bits per heavy atom. The average Bonchev–Trinajstić information content (AvgIpc) is 2.82. The van der Waals surface area contributed by atoms with E-state index in [9.17, 15) is 0 Å². The predicted octanol–water partition coefficient (Wildman–Crippen LogP) is 3.92. The molecule has 0 aromatic carbocycles. The molecule has 0 aliphatic heterocycles. The maximum atomic E-state index is 5.55. The molecule has 0 spiro atoms. The molecule has 3 heteroatoms. The summed E-state index contributed by atoms with van der Waals surface area (Å²) in [6, 6.07) is 2.91. The van der Waals surface area contributed by atoms with E-state index in [1.54, 1.807) is 10.4 Å². The summed E-state index contributed by atoms with van der Waals surface area (Å²) in [5, 5.41) is 5.94. The van der Waals surface area contributed by atoms with Gasteiger partial charge in [0.1, 0.15) is 0 Å². The molecule has 2 rings (SSSR count). The maximum Gasteiger partial charge on any atom is 0.0518 e. The number of hydrogen-bond donors (Lipinski definition) is 1. The van der Waals surface area contributed by atoms with Gasteiger partial charge in [0.25, 0.3) is 0 Å². The largest absolute Gasteiger partial charge is 0.379 e. The van der Waals surface area contributed by atoms with Crippen molar-refractivity contribution >= 4 is 11.3 Å². The second kappa shape index (κ2) is 7.27. The molecule has 0 fully saturated rings. The Morgan fingerprint density at radius 2 is 2.33 bits per heavy atom. The Bertz CT molecular complexity index is 348. The molecule has 0 radical (unpaired) electrons. The highest BCUT2D eigenvalue weighted by atomic mass is 32.1. The van der Waals surface area contributed by atoms with Crippen LogP contribution >= 0.6 is 11.3 Å². The molecule has 1 N–H and O–H groups in total. The van der Waals surface area contributed by atoms with Gasteiger partial charge in [0.15, 0.2) is 0 Å². The van der Waals surface area contributed by atoms with Crippen LogP contribution in [0, 0.1) is 0 Å². The summed E-state index contributed by atoms with van der Waals surface area (Å²) < 4.78 is 5.55. The minimum atomic E-state index is 0.365. The molecule has 102 valence electrons. The first kappa shape index (κ1) is 14.0. The number of nitrogens with one attached hydrogen (secondary N) is 1. The highest BCUT2D eigenvalue weighted by Gasteiger charge is 2.19. The third-order valence-corrected chi connectivity index (χ3v) is 4.46. The van der Waals surface area contributed by atoms with Crippen molar-refractivity contribution < 1.29 is 4.74 Å². The topological polar surface area (TPSA) is 21.3 Å². The molecule has 0 amide bonds. The Kier molecular flexibility index (Phi) is 5.67. The molecule has 0 bridgehead atoms. The quantitative estimate of drug-likeness (QED) is 0.756. The zero-order valence-corrected chi connectivity index (χ0v) is 12.4. The van der Waals surface area contributed by atoms with Gasteiger partial charge in [-0.05, 0) is 69.5 Å². The standard InChI is InChI=1S/C15H25NOS/c1-12(2)17-10-4-3-9-16-14-6-5-7-15-13(14)8-11-18-15/h8,11-12,14,16H,3-7,9-10H2,1-2H3. The second-order valence-electron chi connectivity index (χ2n) is 5.32. The van der Waals surface area contributed by atoms with Crippen molar-refractivity contribution in [1.82, 2.24) is 5.32 Å². The van der Waals surface area contributed by atoms with Crippen LogP contribution in [-0.4, -0.2) is 19.3 Å². The summed E-state index contributed by atoms with van der Waals surface area (Å²) in [6.07, 6.45) is 6.66. The summed E-state index contributed by atoms with van der Waals surface area (Å²) in [5.41, 5.74) is 1.56. The number of ether oxygens (including phenoxy) is 1. The summed E-state index contributed by atoms with van der Waals surface area (Å²) >= 11 is 1.92. The number of rotatable bonds is 7. The van der Waals surface area contributed by atoms with Crippen LogP contribution in [0.4, 0.5) is 0 Å². The van der Waals surface area contributed by atoms with Crippen LogP contribution in [0.2, 0.25) is 0 Å². The number of thiophene rings is 1. The second-order valence-corrected chi connectivity index (χ2v) is 6.33. The first-order chi connectivity index (χ1) is 8.77. The summed E-state index contributed by atoms with van der Waals surface area (Å²) in [7, 11) is 0. The van der Waals surface area contributed by atoms with Crippen molar-refractivity contribution in [3.8, 4) is 0 Å². The number of unbranched alkanes of at least 4 members (excludes halogenated alkanes) is 1. The molecule has 1 aliphatic rings. The van der Waals surface area contributed by atoms with E-state index in [0.717, 1.165) is 19.6 Å². The maximum absolute atomic E-state index is 5.55. The van der Waals surface area contributed by atoms with E-state index in [0.29, 0.717) is 12.1 Å². The summed E-state index contributed by atoms with van der Waals surface area (Å²) in [5.74, 6) is 0. The van der Waals surface area contributed by atoms with Crippen molar-refractivity contribution in [2.75, 3.05) is 13.2 Å². The summed E-state index contributed by atoms with van der Waals surface area (Å²) in [4.78, 5) is 1.60. The van der Waals surface area contributed by atoms with E-state index < -0.39 is 0 Å². The van der Waals surface area contributed by atoms with E-state index in [2.05, 4.69) is 30.6 Å². The van der Waals surface area contributed by atoms with Gasteiger partial charge < -0.3 is 10.1 Å². The minimum absolute atomic E-state index is 0.365. The normalized spacial score (nSPS) is 19.2. The van der Waals surface area contributed by atoms with Crippen LogP contribution in [0.15, 0.2) is 11.4 Å². The van der Waals surface area contributed by atoms with Crippen molar-refractivity contribution in [1.29, 1.82) is 0 Å². The van der Waals surface area contributed by atoms with Crippen molar-refractivity contribution in [3.63, 3.8) is 0 Å². The number of aryl methyl sites for hydroxylation is 1. The fourth-order valence-corrected chi connectivity index (χ4v) is 3.51. The average molecular weight is 267 g/mol. The zero-order valence-electron chi connectivity index (χ0n) is 11.6. The lowest BCUT2D eigenvalue weighted by Crippen LogP contribution is -2.25. The fourth-order valence-electron chi connectivity index (χ4n) is 2.52. The molecule has 1 aliphatic carbocycles. The van der Waals surface area contributed by atoms with Gasteiger partial charge in [-0.1, -0.05) is 0 Å². The van der Waals surface area contributed by atoms with Gasteiger partial charge in [-0.2, -0.15) is 0 Å². The van der Waals surface area contributed by atoms with E-state index in [1.165, 1.54) is 25.7 Å². The van der Waals surface area contributed by atoms with Gasteiger partial charge in [0.05, 0.1) is 6.10 Å². The molecular formula is C15H25NOS. The molecule has 2 nitrogen and oxygen atoms in total. The number of fused-ring (bicyclic) bond motifs is 1. The van der Waals surface area contributed by atoms with Crippen LogP contribution in [0.3, 0.4) is 0 Å². The van der Waals surface area contributed by atoms with Crippen LogP contribution in [0.1, 0.15) is 56.0 Å². The highest BCUT2D eigenvalue weighted by molar-refractivity contribution is 7.10. The molecule has 1 heterocycles. The van der Waals surface area contributed by atoms with Crippen LogP contribution in [0.5, 0.6) is 0 Å². The minimum Gasteiger partial charge on any atom is -0.379 e. The molecule has 0 saturated heterocycles. The van der Waals surface area contributed by atoms with Crippen LogP contribution in [0.25, 0.3) is 0 Å². The predicted molar refractivity (Wildman–Crippen MR) is 78.3 cm³/mol. The van der Waals surface area contributed by atoms with Crippen molar-refractivity contribution in [2.45, 2.75) is 58.1 Å². The molecule has 1 aromatic rings. The monoisotopic (exact) mass is 267 g/mol. The van der Waals surface area contributed by atoms with Crippen molar-refractivity contribution in [3.05, 3.63) is 21.9 Å². The van der Waals surface area contributed by atoms with E-state index in [4.69, 9.17) is 4.74 Å². The van der Waals surface area contributed by atoms with Crippen molar-refractivity contribution in [2.24, 2.45) is 0 Å². The lowest BCUT2D eigenvalue weighted by atomic mass is 9.94.